The van der Waals surface area contributed by atoms with Crippen LogP contribution in [0.25, 0.3) is 0 Å². The van der Waals surface area contributed by atoms with Gasteiger partial charge in [-0.2, -0.15) is 11.8 Å². The summed E-state index contributed by atoms with van der Waals surface area (Å²) in [6, 6.07) is 0.0855. The molecule has 0 fully saturated rings. The van der Waals surface area contributed by atoms with Crippen molar-refractivity contribution in [3.63, 3.8) is 0 Å². The first-order chi connectivity index (χ1) is 9.49. The molecule has 110 valence electrons. The highest BCUT2D eigenvalue weighted by Crippen LogP contribution is 2.04. The zero-order chi connectivity index (χ0) is 15.1. The van der Waals surface area contributed by atoms with E-state index in [1.165, 1.54) is 25.1 Å². The number of hydrogen-bond donors (Lipinski definition) is 3. The molecule has 0 radical (unpaired) electrons. The summed E-state index contributed by atoms with van der Waals surface area (Å²) in [5, 5.41) is 11.4. The van der Waals surface area contributed by atoms with Gasteiger partial charge < -0.3 is 20.1 Å². The van der Waals surface area contributed by atoms with Crippen molar-refractivity contribution >= 4 is 23.6 Å². The Hall–Kier alpha value is -1.96. The summed E-state index contributed by atoms with van der Waals surface area (Å²) < 4.78 is 4.78. The summed E-state index contributed by atoms with van der Waals surface area (Å²) in [6.45, 7) is 0. The van der Waals surface area contributed by atoms with Crippen LogP contribution in [-0.4, -0.2) is 47.1 Å². The molecule has 3 N–H and O–H groups in total. The number of aliphatic carboxylic acids is 1. The van der Waals surface area contributed by atoms with Gasteiger partial charge in [0, 0.05) is 12.3 Å². The summed E-state index contributed by atoms with van der Waals surface area (Å²) >= 11 is 1.49. The predicted octanol–water partition coefficient (Wildman–Crippen LogP) is 0.320. The zero-order valence-corrected chi connectivity index (χ0v) is 12.0. The Morgan fingerprint density at radius 1 is 1.55 bits per heavy atom. The van der Waals surface area contributed by atoms with E-state index in [-0.39, 0.29) is 11.4 Å². The second kappa shape index (κ2) is 7.59. The number of rotatable bonds is 7. The molecule has 20 heavy (non-hydrogen) atoms. The number of carbonyl (C=O) groups is 2. The average molecular weight is 300 g/mol. The fourth-order valence-corrected chi connectivity index (χ4v) is 1.95. The molecule has 1 heterocycles. The highest BCUT2D eigenvalue weighted by molar-refractivity contribution is 7.98. The van der Waals surface area contributed by atoms with E-state index in [1.807, 2.05) is 6.26 Å². The number of amides is 1. The van der Waals surface area contributed by atoms with Gasteiger partial charge in [-0.15, -0.1) is 0 Å². The molecule has 0 saturated carbocycles. The highest BCUT2D eigenvalue weighted by atomic mass is 32.2. The lowest BCUT2D eigenvalue weighted by molar-refractivity contribution is -0.139. The van der Waals surface area contributed by atoms with Gasteiger partial charge in [0.2, 0.25) is 5.43 Å². The van der Waals surface area contributed by atoms with Gasteiger partial charge >= 0.3 is 5.97 Å². The number of carboxylic acids is 1. The SMILES string of the molecule is COc1c[nH]c(C(=O)N[C@@H](CCSC)C(=O)O)cc1=O. The van der Waals surface area contributed by atoms with E-state index >= 15 is 0 Å². The minimum absolute atomic E-state index is 0.00815. The highest BCUT2D eigenvalue weighted by Gasteiger charge is 2.20. The standard InChI is InChI=1S/C12H16N2O5S/c1-19-10-6-13-8(5-9(10)15)11(16)14-7(12(17)18)3-4-20-2/h5-7H,3-4H2,1-2H3,(H,13,15)(H,14,16)(H,17,18)/t7-/m0/s1. The van der Waals surface area contributed by atoms with Gasteiger partial charge in [0.25, 0.3) is 5.91 Å². The monoisotopic (exact) mass is 300 g/mol. The van der Waals surface area contributed by atoms with Crippen LogP contribution in [0.3, 0.4) is 0 Å². The van der Waals surface area contributed by atoms with Crippen molar-refractivity contribution in [2.24, 2.45) is 0 Å². The van der Waals surface area contributed by atoms with Gasteiger partial charge in [-0.1, -0.05) is 0 Å². The number of thioether (sulfide) groups is 1. The number of H-pyrrole nitrogens is 1. The van der Waals surface area contributed by atoms with Crippen LogP contribution in [0.1, 0.15) is 16.9 Å². The smallest absolute Gasteiger partial charge is 0.326 e. The maximum atomic E-state index is 11.9. The fraction of sp³-hybridized carbons (Fsp3) is 0.417. The summed E-state index contributed by atoms with van der Waals surface area (Å²) in [4.78, 5) is 37.0. The third-order valence-electron chi connectivity index (χ3n) is 2.56. The van der Waals surface area contributed by atoms with E-state index in [4.69, 9.17) is 9.84 Å². The van der Waals surface area contributed by atoms with Crippen LogP contribution in [0, 0.1) is 0 Å². The van der Waals surface area contributed by atoms with Crippen molar-refractivity contribution in [2.75, 3.05) is 19.1 Å². The van der Waals surface area contributed by atoms with Crippen molar-refractivity contribution < 1.29 is 19.4 Å². The van der Waals surface area contributed by atoms with E-state index in [2.05, 4.69) is 10.3 Å². The molecule has 1 rings (SSSR count). The van der Waals surface area contributed by atoms with Crippen molar-refractivity contribution in [1.82, 2.24) is 10.3 Å². The number of aromatic nitrogens is 1. The Balaban J connectivity index is 2.81. The third-order valence-corrected chi connectivity index (χ3v) is 3.20. The molecule has 0 bridgehead atoms. The van der Waals surface area contributed by atoms with E-state index in [0.29, 0.717) is 12.2 Å². The number of carboxylic acid groups (broad SMARTS) is 1. The number of hydrogen-bond acceptors (Lipinski definition) is 5. The molecule has 0 aliphatic heterocycles. The van der Waals surface area contributed by atoms with Crippen LogP contribution < -0.4 is 15.5 Å². The maximum Gasteiger partial charge on any atom is 0.326 e. The van der Waals surface area contributed by atoms with Crippen LogP contribution in [0.2, 0.25) is 0 Å². The number of methoxy groups -OCH3 is 1. The van der Waals surface area contributed by atoms with Crippen LogP contribution >= 0.6 is 11.8 Å². The summed E-state index contributed by atoms with van der Waals surface area (Å²) in [5.41, 5.74) is -0.460. The predicted molar refractivity (Wildman–Crippen MR) is 75.5 cm³/mol. The van der Waals surface area contributed by atoms with Crippen molar-refractivity contribution in [1.29, 1.82) is 0 Å². The van der Waals surface area contributed by atoms with E-state index < -0.39 is 23.3 Å². The molecule has 0 aromatic carbocycles. The molecular weight excluding hydrogens is 284 g/mol. The average Bonchev–Trinajstić information content (AvgIpc) is 2.42. The molecule has 8 heteroatoms. The third kappa shape index (κ3) is 4.30. The first-order valence-corrected chi connectivity index (χ1v) is 7.18. The van der Waals surface area contributed by atoms with E-state index in [0.717, 1.165) is 6.07 Å². The summed E-state index contributed by atoms with van der Waals surface area (Å²) in [6.07, 6.45) is 3.42. The summed E-state index contributed by atoms with van der Waals surface area (Å²) in [5.74, 6) is -1.06. The fourth-order valence-electron chi connectivity index (χ4n) is 1.48. The zero-order valence-electron chi connectivity index (χ0n) is 11.1. The minimum atomic E-state index is -1.11. The molecule has 0 aliphatic carbocycles. The number of pyridine rings is 1. The lowest BCUT2D eigenvalue weighted by atomic mass is 10.2. The van der Waals surface area contributed by atoms with Crippen LogP contribution in [-0.2, 0) is 4.79 Å². The van der Waals surface area contributed by atoms with E-state index in [1.54, 1.807) is 0 Å². The van der Waals surface area contributed by atoms with Crippen molar-refractivity contribution in [2.45, 2.75) is 12.5 Å². The van der Waals surface area contributed by atoms with Gasteiger partial charge in [0.1, 0.15) is 11.7 Å². The lowest BCUT2D eigenvalue weighted by Gasteiger charge is -2.13. The molecule has 0 spiro atoms. The lowest BCUT2D eigenvalue weighted by Crippen LogP contribution is -2.41. The number of aromatic amines is 1. The Bertz CT molecular complexity index is 543. The topological polar surface area (TPSA) is 108 Å². The second-order valence-corrected chi connectivity index (χ2v) is 4.91. The quantitative estimate of drug-likeness (QED) is 0.669. The maximum absolute atomic E-state index is 11.9. The van der Waals surface area contributed by atoms with Gasteiger partial charge in [-0.3, -0.25) is 9.59 Å². The van der Waals surface area contributed by atoms with E-state index in [9.17, 15) is 14.4 Å². The number of nitrogens with one attached hydrogen (secondary N) is 2. The Morgan fingerprint density at radius 2 is 2.25 bits per heavy atom. The molecular formula is C12H16N2O5S. The van der Waals surface area contributed by atoms with Crippen LogP contribution in [0.5, 0.6) is 5.75 Å². The largest absolute Gasteiger partial charge is 0.491 e. The van der Waals surface area contributed by atoms with Crippen LogP contribution in [0.4, 0.5) is 0 Å². The van der Waals surface area contributed by atoms with Crippen LogP contribution in [0.15, 0.2) is 17.1 Å². The van der Waals surface area contributed by atoms with Gasteiger partial charge in [-0.25, -0.2) is 4.79 Å². The van der Waals surface area contributed by atoms with Gasteiger partial charge in [0.05, 0.1) is 7.11 Å². The number of ether oxygens (including phenoxy) is 1. The second-order valence-electron chi connectivity index (χ2n) is 3.93. The van der Waals surface area contributed by atoms with Crippen molar-refractivity contribution in [3.8, 4) is 5.75 Å². The molecule has 1 aromatic heterocycles. The molecule has 1 aromatic rings. The normalized spacial score (nSPS) is 11.7. The number of carbonyl (C=O) groups excluding carboxylic acids is 1. The van der Waals surface area contributed by atoms with Gasteiger partial charge in [0.15, 0.2) is 5.75 Å². The molecule has 0 unspecified atom stereocenters. The first-order valence-electron chi connectivity index (χ1n) is 5.79. The Labute approximate surface area is 119 Å². The molecule has 1 atom stereocenters. The molecule has 1 amide bonds. The Kier molecular flexibility index (Phi) is 6.10. The molecule has 0 saturated heterocycles. The molecule has 7 nitrogen and oxygen atoms in total. The summed E-state index contributed by atoms with van der Waals surface area (Å²) in [7, 11) is 1.34. The molecule has 0 aliphatic rings. The Morgan fingerprint density at radius 3 is 2.75 bits per heavy atom. The van der Waals surface area contributed by atoms with Crippen molar-refractivity contribution in [3.05, 3.63) is 28.2 Å². The van der Waals surface area contributed by atoms with Gasteiger partial charge in [-0.05, 0) is 18.4 Å². The minimum Gasteiger partial charge on any atom is -0.491 e. The first kappa shape index (κ1) is 16.1.